The summed E-state index contributed by atoms with van der Waals surface area (Å²) in [5.74, 6) is -0.542. The summed E-state index contributed by atoms with van der Waals surface area (Å²) in [5.41, 5.74) is 3.49. The van der Waals surface area contributed by atoms with E-state index in [0.29, 0.717) is 11.3 Å². The van der Waals surface area contributed by atoms with Gasteiger partial charge in [0.1, 0.15) is 6.54 Å². The molecule has 0 saturated carbocycles. The molecule has 0 spiro atoms. The molecule has 1 aromatic heterocycles. The Bertz CT molecular complexity index is 1070. The van der Waals surface area contributed by atoms with Crippen molar-refractivity contribution >= 4 is 23.2 Å². The van der Waals surface area contributed by atoms with E-state index in [-0.39, 0.29) is 23.9 Å². The molecule has 0 atom stereocenters. The Kier molecular flexibility index (Phi) is 5.69. The zero-order valence-electron chi connectivity index (χ0n) is 15.7. The first-order valence-electron chi connectivity index (χ1n) is 8.86. The Labute approximate surface area is 162 Å². The topological polar surface area (TPSA) is 80.2 Å². The number of nitrogens with one attached hydrogen (secondary N) is 2. The summed E-state index contributed by atoms with van der Waals surface area (Å²) in [7, 11) is 0. The highest BCUT2D eigenvalue weighted by Gasteiger charge is 2.08. The van der Waals surface area contributed by atoms with Gasteiger partial charge in [0.05, 0.1) is 0 Å². The van der Waals surface area contributed by atoms with Crippen molar-refractivity contribution in [2.45, 2.75) is 20.4 Å². The predicted octanol–water partition coefficient (Wildman–Crippen LogP) is 3.36. The van der Waals surface area contributed by atoms with Crippen LogP contribution in [0.15, 0.2) is 71.7 Å². The van der Waals surface area contributed by atoms with Crippen LogP contribution in [0.2, 0.25) is 0 Å². The average molecular weight is 375 g/mol. The van der Waals surface area contributed by atoms with Crippen LogP contribution in [-0.2, 0) is 11.3 Å². The minimum Gasteiger partial charge on any atom is -0.325 e. The van der Waals surface area contributed by atoms with Crippen LogP contribution in [0.4, 0.5) is 11.4 Å². The van der Waals surface area contributed by atoms with Gasteiger partial charge in [-0.3, -0.25) is 14.4 Å². The minimum absolute atomic E-state index is 0.0733. The summed E-state index contributed by atoms with van der Waals surface area (Å²) in [5, 5.41) is 5.57. The summed E-state index contributed by atoms with van der Waals surface area (Å²) in [4.78, 5) is 36.3. The normalized spacial score (nSPS) is 10.4. The lowest BCUT2D eigenvalue weighted by atomic mass is 10.1. The zero-order valence-corrected chi connectivity index (χ0v) is 15.7. The number of rotatable bonds is 5. The number of hydrogen-bond acceptors (Lipinski definition) is 3. The number of carbonyl (C=O) groups is 2. The highest BCUT2D eigenvalue weighted by Crippen LogP contribution is 2.14. The Balaban J connectivity index is 1.62. The molecular formula is C22H21N3O3. The van der Waals surface area contributed by atoms with E-state index in [0.717, 1.165) is 16.8 Å². The maximum Gasteiger partial charge on any atom is 0.255 e. The number of anilines is 2. The fourth-order valence-corrected chi connectivity index (χ4v) is 2.76. The Morgan fingerprint density at radius 1 is 0.857 bits per heavy atom. The second-order valence-electron chi connectivity index (χ2n) is 6.62. The van der Waals surface area contributed by atoms with Gasteiger partial charge >= 0.3 is 0 Å². The molecule has 6 heteroatoms. The minimum atomic E-state index is -0.315. The van der Waals surface area contributed by atoms with Gasteiger partial charge in [-0.25, -0.2) is 0 Å². The second kappa shape index (κ2) is 8.35. The third-order valence-corrected chi connectivity index (χ3v) is 4.15. The number of amides is 2. The van der Waals surface area contributed by atoms with Crippen LogP contribution in [0.25, 0.3) is 0 Å². The van der Waals surface area contributed by atoms with E-state index in [1.54, 1.807) is 36.5 Å². The lowest BCUT2D eigenvalue weighted by Gasteiger charge is -2.09. The molecule has 2 amide bonds. The molecule has 0 aliphatic rings. The number of aryl methyl sites for hydroxylation is 2. The van der Waals surface area contributed by atoms with Gasteiger partial charge in [0.15, 0.2) is 0 Å². The first-order valence-corrected chi connectivity index (χ1v) is 8.86. The summed E-state index contributed by atoms with van der Waals surface area (Å²) in [6.07, 6.45) is 1.64. The fourth-order valence-electron chi connectivity index (χ4n) is 2.76. The molecule has 2 N–H and O–H groups in total. The standard InChI is InChI=1S/C22H21N3O3/c1-15-4-3-5-19(12-15)24-22(28)17-7-9-18(10-8-17)23-20(26)14-25-13-16(2)6-11-21(25)27/h3-13H,14H2,1-2H3,(H,23,26)(H,24,28). The molecule has 0 bridgehead atoms. The molecule has 3 rings (SSSR count). The smallest absolute Gasteiger partial charge is 0.255 e. The molecule has 28 heavy (non-hydrogen) atoms. The van der Waals surface area contributed by atoms with Crippen LogP contribution in [0, 0.1) is 13.8 Å². The zero-order chi connectivity index (χ0) is 20.1. The number of pyridine rings is 1. The molecule has 3 aromatic rings. The molecular weight excluding hydrogens is 354 g/mol. The van der Waals surface area contributed by atoms with Crippen LogP contribution >= 0.6 is 0 Å². The van der Waals surface area contributed by atoms with E-state index in [1.165, 1.54) is 10.6 Å². The molecule has 0 saturated heterocycles. The van der Waals surface area contributed by atoms with Gasteiger partial charge in [-0.05, 0) is 61.4 Å². The Morgan fingerprint density at radius 3 is 2.32 bits per heavy atom. The van der Waals surface area contributed by atoms with Crippen LogP contribution in [-0.4, -0.2) is 16.4 Å². The monoisotopic (exact) mass is 375 g/mol. The third-order valence-electron chi connectivity index (χ3n) is 4.15. The number of nitrogens with zero attached hydrogens (tertiary/aromatic N) is 1. The maximum absolute atomic E-state index is 12.3. The van der Waals surface area contributed by atoms with Crippen molar-refractivity contribution in [3.05, 3.63) is 93.9 Å². The first-order chi connectivity index (χ1) is 13.4. The summed E-state index contributed by atoms with van der Waals surface area (Å²) in [6.45, 7) is 3.74. The van der Waals surface area contributed by atoms with Crippen LogP contribution in [0.3, 0.4) is 0 Å². The van der Waals surface area contributed by atoms with Crippen molar-refractivity contribution in [1.29, 1.82) is 0 Å². The van der Waals surface area contributed by atoms with Crippen molar-refractivity contribution in [3.8, 4) is 0 Å². The molecule has 0 aliphatic heterocycles. The van der Waals surface area contributed by atoms with Crippen LogP contribution < -0.4 is 16.2 Å². The van der Waals surface area contributed by atoms with E-state index in [4.69, 9.17) is 0 Å². The van der Waals surface area contributed by atoms with E-state index in [9.17, 15) is 14.4 Å². The quantitative estimate of drug-likeness (QED) is 0.718. The molecule has 0 fully saturated rings. The Morgan fingerprint density at radius 2 is 1.61 bits per heavy atom. The van der Waals surface area contributed by atoms with Crippen molar-refractivity contribution in [2.75, 3.05) is 10.6 Å². The highest BCUT2D eigenvalue weighted by atomic mass is 16.2. The summed E-state index contributed by atoms with van der Waals surface area (Å²) >= 11 is 0. The summed E-state index contributed by atoms with van der Waals surface area (Å²) < 4.78 is 1.36. The van der Waals surface area contributed by atoms with Gasteiger partial charge in [0.2, 0.25) is 5.91 Å². The molecule has 1 heterocycles. The van der Waals surface area contributed by atoms with Gasteiger partial charge in [-0.1, -0.05) is 18.2 Å². The average Bonchev–Trinajstić information content (AvgIpc) is 2.65. The number of benzene rings is 2. The van der Waals surface area contributed by atoms with Crippen molar-refractivity contribution in [1.82, 2.24) is 4.57 Å². The molecule has 0 unspecified atom stereocenters. The molecule has 0 radical (unpaired) electrons. The van der Waals surface area contributed by atoms with Gasteiger partial charge in [0.25, 0.3) is 11.5 Å². The van der Waals surface area contributed by atoms with E-state index in [1.807, 2.05) is 38.1 Å². The predicted molar refractivity (Wildman–Crippen MR) is 110 cm³/mol. The van der Waals surface area contributed by atoms with Crippen LogP contribution in [0.1, 0.15) is 21.5 Å². The van der Waals surface area contributed by atoms with E-state index in [2.05, 4.69) is 10.6 Å². The SMILES string of the molecule is Cc1cccc(NC(=O)c2ccc(NC(=O)Cn3cc(C)ccc3=O)cc2)c1. The van der Waals surface area contributed by atoms with Crippen molar-refractivity contribution in [2.24, 2.45) is 0 Å². The van der Waals surface area contributed by atoms with Gasteiger partial charge in [-0.15, -0.1) is 0 Å². The molecule has 0 aliphatic carbocycles. The highest BCUT2D eigenvalue weighted by molar-refractivity contribution is 6.04. The molecule has 142 valence electrons. The molecule has 6 nitrogen and oxygen atoms in total. The van der Waals surface area contributed by atoms with E-state index >= 15 is 0 Å². The number of aromatic nitrogens is 1. The maximum atomic E-state index is 12.3. The lowest BCUT2D eigenvalue weighted by Crippen LogP contribution is -2.26. The number of hydrogen-bond donors (Lipinski definition) is 2. The van der Waals surface area contributed by atoms with Crippen LogP contribution in [0.5, 0.6) is 0 Å². The van der Waals surface area contributed by atoms with Crippen molar-refractivity contribution in [3.63, 3.8) is 0 Å². The Hall–Kier alpha value is -3.67. The fraction of sp³-hybridized carbons (Fsp3) is 0.136. The second-order valence-corrected chi connectivity index (χ2v) is 6.62. The van der Waals surface area contributed by atoms with E-state index < -0.39 is 0 Å². The summed E-state index contributed by atoms with van der Waals surface area (Å²) in [6, 6.07) is 17.3. The van der Waals surface area contributed by atoms with Gasteiger partial charge in [-0.2, -0.15) is 0 Å². The van der Waals surface area contributed by atoms with Gasteiger partial charge < -0.3 is 15.2 Å². The third kappa shape index (κ3) is 4.94. The first kappa shape index (κ1) is 19.1. The number of carbonyl (C=O) groups excluding carboxylic acids is 2. The van der Waals surface area contributed by atoms with Gasteiger partial charge in [0, 0.05) is 29.2 Å². The molecule has 2 aromatic carbocycles. The lowest BCUT2D eigenvalue weighted by molar-refractivity contribution is -0.116. The largest absolute Gasteiger partial charge is 0.325 e. The van der Waals surface area contributed by atoms with Crippen molar-refractivity contribution < 1.29 is 9.59 Å².